The summed E-state index contributed by atoms with van der Waals surface area (Å²) >= 11 is 0. The second-order valence-corrected chi connectivity index (χ2v) is 1.02. The first-order valence-corrected chi connectivity index (χ1v) is 2.05. The number of rotatable bonds is 2. The minimum Gasteiger partial charge on any atom is -0.519 e. The standard InChI is InChI=1S/C4H4O6/c5-3(6)9-1-2-10-4(7)8/h1-2H,(H,5,6)(H,7,8)/p-1. The van der Waals surface area contributed by atoms with Crippen molar-refractivity contribution in [2.75, 3.05) is 0 Å². The Morgan fingerprint density at radius 3 is 2.20 bits per heavy atom. The fourth-order valence-corrected chi connectivity index (χ4v) is 0.169. The molecule has 10 heavy (non-hydrogen) atoms. The highest BCUT2D eigenvalue weighted by molar-refractivity contribution is 5.58. The van der Waals surface area contributed by atoms with Crippen molar-refractivity contribution in [3.63, 3.8) is 0 Å². The van der Waals surface area contributed by atoms with Gasteiger partial charge in [0.1, 0.15) is 6.26 Å². The molecule has 0 fully saturated rings. The number of carbonyl (C=O) groups excluding carboxylic acids is 1. The van der Waals surface area contributed by atoms with E-state index in [-0.39, 0.29) is 0 Å². The van der Waals surface area contributed by atoms with Gasteiger partial charge in [-0.3, -0.25) is 0 Å². The van der Waals surface area contributed by atoms with Gasteiger partial charge < -0.3 is 24.5 Å². The fourth-order valence-electron chi connectivity index (χ4n) is 0.169. The van der Waals surface area contributed by atoms with Crippen LogP contribution in [0.5, 0.6) is 0 Å². The van der Waals surface area contributed by atoms with Gasteiger partial charge in [0, 0.05) is 0 Å². The van der Waals surface area contributed by atoms with E-state index in [9.17, 15) is 14.7 Å². The van der Waals surface area contributed by atoms with Crippen molar-refractivity contribution in [2.24, 2.45) is 0 Å². The molecule has 0 radical (unpaired) electrons. The summed E-state index contributed by atoms with van der Waals surface area (Å²) in [5.41, 5.74) is 0. The SMILES string of the molecule is O=C([O-])OC=COC(=O)O. The number of carboxylic acid groups (broad SMARTS) is 2. The highest BCUT2D eigenvalue weighted by Gasteiger charge is 1.87. The van der Waals surface area contributed by atoms with E-state index in [0.29, 0.717) is 12.5 Å². The molecule has 0 amide bonds. The molecule has 0 aromatic heterocycles. The van der Waals surface area contributed by atoms with E-state index < -0.39 is 12.3 Å². The molecular formula is C4H3O6-. The minimum absolute atomic E-state index is 0.531. The minimum atomic E-state index is -1.79. The summed E-state index contributed by atoms with van der Waals surface area (Å²) in [5.74, 6) is 0. The van der Waals surface area contributed by atoms with Crippen molar-refractivity contribution in [3.8, 4) is 0 Å². The van der Waals surface area contributed by atoms with Crippen molar-refractivity contribution >= 4 is 12.3 Å². The van der Waals surface area contributed by atoms with Crippen molar-refractivity contribution in [1.29, 1.82) is 0 Å². The summed E-state index contributed by atoms with van der Waals surface area (Å²) in [6.07, 6.45) is -2.26. The average Bonchev–Trinajstić information content (AvgIpc) is 1.79. The van der Waals surface area contributed by atoms with Gasteiger partial charge in [-0.05, 0) is 0 Å². The third-order valence-corrected chi connectivity index (χ3v) is 0.389. The molecule has 0 aromatic rings. The first-order valence-electron chi connectivity index (χ1n) is 2.05. The fraction of sp³-hybridized carbons (Fsp3) is 0. The van der Waals surface area contributed by atoms with Crippen LogP contribution in [0.25, 0.3) is 0 Å². The molecule has 0 spiro atoms. The summed E-state index contributed by atoms with van der Waals surface area (Å²) in [5, 5.41) is 17.2. The van der Waals surface area contributed by atoms with Crippen molar-refractivity contribution in [1.82, 2.24) is 0 Å². The maximum Gasteiger partial charge on any atom is 0.510 e. The van der Waals surface area contributed by atoms with E-state index in [1.54, 1.807) is 0 Å². The Morgan fingerprint density at radius 2 is 1.80 bits per heavy atom. The highest BCUT2D eigenvalue weighted by Crippen LogP contribution is 1.80. The Balaban J connectivity index is 3.38. The third kappa shape index (κ3) is 6.28. The molecule has 1 N–H and O–H groups in total. The van der Waals surface area contributed by atoms with Crippen LogP contribution in [0.4, 0.5) is 9.59 Å². The van der Waals surface area contributed by atoms with Crippen LogP contribution in [-0.2, 0) is 9.47 Å². The first-order chi connectivity index (χ1) is 4.63. The maximum atomic E-state index is 9.55. The number of carbonyl (C=O) groups is 2. The molecule has 0 atom stereocenters. The molecule has 0 bridgehead atoms. The zero-order chi connectivity index (χ0) is 7.98. The normalized spacial score (nSPS) is 9.20. The van der Waals surface area contributed by atoms with Gasteiger partial charge in [0.15, 0.2) is 0 Å². The first kappa shape index (κ1) is 8.28. The van der Waals surface area contributed by atoms with Crippen LogP contribution >= 0.6 is 0 Å². The van der Waals surface area contributed by atoms with Crippen LogP contribution in [0.2, 0.25) is 0 Å². The van der Waals surface area contributed by atoms with Crippen LogP contribution in [0.1, 0.15) is 0 Å². The maximum absolute atomic E-state index is 9.55. The van der Waals surface area contributed by atoms with E-state index in [1.165, 1.54) is 0 Å². The van der Waals surface area contributed by atoms with Gasteiger partial charge in [-0.15, -0.1) is 0 Å². The lowest BCUT2D eigenvalue weighted by molar-refractivity contribution is -0.276. The Morgan fingerprint density at radius 1 is 1.30 bits per heavy atom. The van der Waals surface area contributed by atoms with Gasteiger partial charge in [-0.1, -0.05) is 0 Å². The molecule has 0 saturated carbocycles. The number of hydrogen-bond donors (Lipinski definition) is 1. The Kier molecular flexibility index (Phi) is 3.47. The highest BCUT2D eigenvalue weighted by atomic mass is 16.7. The van der Waals surface area contributed by atoms with E-state index in [2.05, 4.69) is 9.47 Å². The predicted octanol–water partition coefficient (Wildman–Crippen LogP) is -0.488. The lowest BCUT2D eigenvalue weighted by atomic mass is 11.0. The Hall–Kier alpha value is -1.72. The number of hydrogen-bond acceptors (Lipinski definition) is 5. The van der Waals surface area contributed by atoms with E-state index >= 15 is 0 Å². The van der Waals surface area contributed by atoms with Gasteiger partial charge in [0.25, 0.3) is 6.16 Å². The van der Waals surface area contributed by atoms with Crippen molar-refractivity contribution < 1.29 is 29.3 Å². The van der Waals surface area contributed by atoms with Gasteiger partial charge in [0.2, 0.25) is 0 Å². The van der Waals surface area contributed by atoms with Crippen LogP contribution in [0.15, 0.2) is 12.5 Å². The summed E-state index contributed by atoms with van der Waals surface area (Å²) < 4.78 is 7.34. The zero-order valence-electron chi connectivity index (χ0n) is 4.64. The van der Waals surface area contributed by atoms with E-state index in [4.69, 9.17) is 5.11 Å². The molecule has 56 valence electrons. The van der Waals surface area contributed by atoms with E-state index in [0.717, 1.165) is 0 Å². The van der Waals surface area contributed by atoms with Crippen LogP contribution < -0.4 is 5.11 Å². The number of ether oxygens (including phenoxy) is 2. The second kappa shape index (κ2) is 4.19. The molecule has 0 aliphatic rings. The molecule has 0 aliphatic heterocycles. The van der Waals surface area contributed by atoms with Gasteiger partial charge in [0.05, 0.1) is 6.26 Å². The second-order valence-electron chi connectivity index (χ2n) is 1.02. The smallest absolute Gasteiger partial charge is 0.510 e. The summed E-state index contributed by atoms with van der Waals surface area (Å²) in [7, 11) is 0. The monoisotopic (exact) mass is 147 g/mol. The molecule has 0 rings (SSSR count). The van der Waals surface area contributed by atoms with Crippen LogP contribution in [-0.4, -0.2) is 17.4 Å². The molecule has 0 aromatic carbocycles. The quantitative estimate of drug-likeness (QED) is 0.418. The molecular weight excluding hydrogens is 144 g/mol. The zero-order valence-corrected chi connectivity index (χ0v) is 4.64. The molecule has 6 heteroatoms. The largest absolute Gasteiger partial charge is 0.519 e. The topological polar surface area (TPSA) is 95.9 Å². The van der Waals surface area contributed by atoms with Gasteiger partial charge >= 0.3 is 6.16 Å². The van der Waals surface area contributed by atoms with Gasteiger partial charge in [-0.25, -0.2) is 4.79 Å². The van der Waals surface area contributed by atoms with Crippen molar-refractivity contribution in [3.05, 3.63) is 12.5 Å². The molecule has 0 saturated heterocycles. The summed E-state index contributed by atoms with van der Waals surface area (Å²) in [4.78, 5) is 19.0. The lowest BCUT2D eigenvalue weighted by Gasteiger charge is -1.97. The Bertz CT molecular complexity index is 141. The summed E-state index contributed by atoms with van der Waals surface area (Å²) in [6, 6.07) is 0. The van der Waals surface area contributed by atoms with E-state index in [1.807, 2.05) is 0 Å². The molecule has 6 nitrogen and oxygen atoms in total. The van der Waals surface area contributed by atoms with Crippen LogP contribution in [0.3, 0.4) is 0 Å². The molecule has 0 aliphatic carbocycles. The third-order valence-electron chi connectivity index (χ3n) is 0.389. The van der Waals surface area contributed by atoms with Crippen LogP contribution in [0, 0.1) is 0 Å². The molecule has 0 unspecified atom stereocenters. The summed E-state index contributed by atoms with van der Waals surface area (Å²) in [6.45, 7) is 0. The lowest BCUT2D eigenvalue weighted by Crippen LogP contribution is -2.21. The Labute approximate surface area is 55.3 Å². The van der Waals surface area contributed by atoms with Crippen molar-refractivity contribution in [2.45, 2.75) is 0 Å². The predicted molar refractivity (Wildman–Crippen MR) is 24.7 cm³/mol. The average molecular weight is 147 g/mol. The van der Waals surface area contributed by atoms with Gasteiger partial charge in [-0.2, -0.15) is 0 Å². The molecule has 0 heterocycles.